The number of para-hydroxylation sites is 2. The quantitative estimate of drug-likeness (QED) is 0.694. The van der Waals surface area contributed by atoms with Gasteiger partial charge in [-0.3, -0.25) is 0 Å². The molecule has 0 aliphatic carbocycles. The minimum atomic E-state index is -0.256. The zero-order chi connectivity index (χ0) is 18.7. The SMILES string of the molecule is CC(C)(c1ccccc1OCC1CCO1)c1ccccc1OCC1CCO1. The van der Waals surface area contributed by atoms with Crippen LogP contribution in [0.5, 0.6) is 11.5 Å². The second kappa shape index (κ2) is 7.91. The van der Waals surface area contributed by atoms with Gasteiger partial charge in [-0.05, 0) is 12.1 Å². The fourth-order valence-corrected chi connectivity index (χ4v) is 3.56. The molecule has 0 spiro atoms. The first kappa shape index (κ1) is 18.3. The zero-order valence-corrected chi connectivity index (χ0v) is 16.1. The monoisotopic (exact) mass is 368 g/mol. The largest absolute Gasteiger partial charge is 0.491 e. The van der Waals surface area contributed by atoms with Gasteiger partial charge in [0.2, 0.25) is 0 Å². The third-order valence-corrected chi connectivity index (χ3v) is 5.56. The Morgan fingerprint density at radius 2 is 1.19 bits per heavy atom. The lowest BCUT2D eigenvalue weighted by Gasteiger charge is -2.32. The standard InChI is InChI=1S/C23H28O4/c1-23(2,19-7-3-5-9-21(19)26-15-17-11-13-24-17)20-8-4-6-10-22(20)27-16-18-12-14-25-18/h3-10,17-18H,11-16H2,1-2H3. The number of hydrogen-bond donors (Lipinski definition) is 0. The van der Waals surface area contributed by atoms with Crippen LogP contribution in [0.2, 0.25) is 0 Å². The van der Waals surface area contributed by atoms with E-state index in [1.165, 1.54) is 0 Å². The summed E-state index contributed by atoms with van der Waals surface area (Å²) in [5.41, 5.74) is 2.05. The van der Waals surface area contributed by atoms with Gasteiger partial charge in [-0.25, -0.2) is 0 Å². The van der Waals surface area contributed by atoms with E-state index in [-0.39, 0.29) is 17.6 Å². The molecule has 2 fully saturated rings. The van der Waals surface area contributed by atoms with Crippen LogP contribution in [0.25, 0.3) is 0 Å². The number of hydrogen-bond acceptors (Lipinski definition) is 4. The van der Waals surface area contributed by atoms with E-state index in [0.717, 1.165) is 48.7 Å². The molecule has 0 amide bonds. The molecule has 2 aromatic carbocycles. The van der Waals surface area contributed by atoms with Gasteiger partial charge in [-0.15, -0.1) is 0 Å². The van der Waals surface area contributed by atoms with Crippen molar-refractivity contribution in [3.63, 3.8) is 0 Å². The molecule has 0 radical (unpaired) electrons. The summed E-state index contributed by atoms with van der Waals surface area (Å²) < 4.78 is 23.2. The van der Waals surface area contributed by atoms with Gasteiger partial charge >= 0.3 is 0 Å². The summed E-state index contributed by atoms with van der Waals surface area (Å²) in [6.07, 6.45) is 2.59. The van der Waals surface area contributed by atoms with Crippen molar-refractivity contribution in [1.29, 1.82) is 0 Å². The predicted molar refractivity (Wildman–Crippen MR) is 105 cm³/mol. The molecule has 0 bridgehead atoms. The Balaban J connectivity index is 1.57. The van der Waals surface area contributed by atoms with Crippen molar-refractivity contribution >= 4 is 0 Å². The molecule has 4 heteroatoms. The van der Waals surface area contributed by atoms with Crippen LogP contribution >= 0.6 is 0 Å². The molecule has 27 heavy (non-hydrogen) atoms. The van der Waals surface area contributed by atoms with Crippen molar-refractivity contribution in [2.24, 2.45) is 0 Å². The molecule has 0 aromatic heterocycles. The molecule has 2 aliphatic rings. The van der Waals surface area contributed by atoms with E-state index in [9.17, 15) is 0 Å². The highest BCUT2D eigenvalue weighted by Crippen LogP contribution is 2.41. The van der Waals surface area contributed by atoms with E-state index >= 15 is 0 Å². The number of rotatable bonds is 8. The molecule has 144 valence electrons. The molecule has 2 atom stereocenters. The molecule has 4 nitrogen and oxygen atoms in total. The van der Waals surface area contributed by atoms with E-state index in [4.69, 9.17) is 18.9 Å². The Morgan fingerprint density at radius 3 is 1.56 bits per heavy atom. The average molecular weight is 368 g/mol. The molecular formula is C23H28O4. The average Bonchev–Trinajstić information content (AvgIpc) is 2.60. The van der Waals surface area contributed by atoms with E-state index in [0.29, 0.717) is 13.2 Å². The molecule has 2 saturated heterocycles. The van der Waals surface area contributed by atoms with Gasteiger partial charge in [-0.1, -0.05) is 50.2 Å². The first-order chi connectivity index (χ1) is 13.1. The molecule has 0 saturated carbocycles. The normalized spacial score (nSPS) is 21.9. The lowest BCUT2D eigenvalue weighted by atomic mass is 9.77. The van der Waals surface area contributed by atoms with Gasteiger partial charge in [-0.2, -0.15) is 0 Å². The van der Waals surface area contributed by atoms with Crippen molar-refractivity contribution < 1.29 is 18.9 Å². The van der Waals surface area contributed by atoms with Gasteiger partial charge in [0, 0.05) is 42.6 Å². The Bertz CT molecular complexity index is 699. The van der Waals surface area contributed by atoms with Crippen LogP contribution in [0.1, 0.15) is 37.8 Å². The maximum atomic E-state index is 6.13. The molecular weight excluding hydrogens is 340 g/mol. The van der Waals surface area contributed by atoms with E-state index in [1.54, 1.807) is 0 Å². The van der Waals surface area contributed by atoms with E-state index in [2.05, 4.69) is 38.1 Å². The Kier molecular flexibility index (Phi) is 5.37. The highest BCUT2D eigenvalue weighted by atomic mass is 16.6. The Hall–Kier alpha value is -2.04. The third-order valence-electron chi connectivity index (χ3n) is 5.56. The summed E-state index contributed by atoms with van der Waals surface area (Å²) in [6.45, 7) is 7.33. The second-order valence-corrected chi connectivity index (χ2v) is 7.80. The van der Waals surface area contributed by atoms with Crippen LogP contribution in [0.15, 0.2) is 48.5 Å². The van der Waals surface area contributed by atoms with Crippen molar-refractivity contribution in [2.75, 3.05) is 26.4 Å². The third kappa shape index (κ3) is 3.97. The van der Waals surface area contributed by atoms with Gasteiger partial charge in [0.25, 0.3) is 0 Å². The van der Waals surface area contributed by atoms with Crippen LogP contribution < -0.4 is 9.47 Å². The zero-order valence-electron chi connectivity index (χ0n) is 16.1. The number of ether oxygens (including phenoxy) is 4. The fourth-order valence-electron chi connectivity index (χ4n) is 3.56. The van der Waals surface area contributed by atoms with E-state index < -0.39 is 0 Å². The minimum Gasteiger partial charge on any atom is -0.491 e. The lowest BCUT2D eigenvalue weighted by molar-refractivity contribution is -0.0724. The van der Waals surface area contributed by atoms with Gasteiger partial charge in [0.1, 0.15) is 24.7 Å². The van der Waals surface area contributed by atoms with Crippen LogP contribution in [-0.2, 0) is 14.9 Å². The molecule has 4 rings (SSSR count). The Morgan fingerprint density at radius 1 is 0.778 bits per heavy atom. The van der Waals surface area contributed by atoms with E-state index in [1.807, 2.05) is 24.3 Å². The lowest BCUT2D eigenvalue weighted by Crippen LogP contribution is -2.33. The van der Waals surface area contributed by atoms with Crippen LogP contribution in [-0.4, -0.2) is 38.6 Å². The van der Waals surface area contributed by atoms with Crippen molar-refractivity contribution in [3.05, 3.63) is 59.7 Å². The highest BCUT2D eigenvalue weighted by molar-refractivity contribution is 5.50. The van der Waals surface area contributed by atoms with Crippen molar-refractivity contribution in [1.82, 2.24) is 0 Å². The maximum Gasteiger partial charge on any atom is 0.123 e. The molecule has 2 aliphatic heterocycles. The van der Waals surface area contributed by atoms with Crippen LogP contribution in [0, 0.1) is 0 Å². The number of benzene rings is 2. The van der Waals surface area contributed by atoms with Crippen LogP contribution in [0.4, 0.5) is 0 Å². The maximum absolute atomic E-state index is 6.13. The summed E-state index contributed by atoms with van der Waals surface area (Å²) in [4.78, 5) is 0. The van der Waals surface area contributed by atoms with Crippen molar-refractivity contribution in [3.8, 4) is 11.5 Å². The fraction of sp³-hybridized carbons (Fsp3) is 0.478. The molecule has 2 aromatic rings. The summed E-state index contributed by atoms with van der Waals surface area (Å²) >= 11 is 0. The van der Waals surface area contributed by atoms with Gasteiger partial charge in [0.15, 0.2) is 0 Å². The summed E-state index contributed by atoms with van der Waals surface area (Å²) in [6, 6.07) is 16.5. The van der Waals surface area contributed by atoms with Crippen LogP contribution in [0.3, 0.4) is 0 Å². The molecule has 0 N–H and O–H groups in total. The molecule has 2 heterocycles. The Labute approximate surface area is 161 Å². The second-order valence-electron chi connectivity index (χ2n) is 7.80. The summed E-state index contributed by atoms with van der Waals surface area (Å²) in [7, 11) is 0. The first-order valence-electron chi connectivity index (χ1n) is 9.82. The topological polar surface area (TPSA) is 36.9 Å². The molecule has 2 unspecified atom stereocenters. The van der Waals surface area contributed by atoms with Gasteiger partial charge in [0.05, 0.1) is 12.2 Å². The predicted octanol–water partition coefficient (Wildman–Crippen LogP) is 4.35. The minimum absolute atomic E-state index is 0.222. The first-order valence-corrected chi connectivity index (χ1v) is 9.82. The summed E-state index contributed by atoms with van der Waals surface area (Å²) in [5, 5.41) is 0. The van der Waals surface area contributed by atoms with Crippen molar-refractivity contribution in [2.45, 2.75) is 44.3 Å². The highest BCUT2D eigenvalue weighted by Gasteiger charge is 2.30. The smallest absolute Gasteiger partial charge is 0.123 e. The summed E-state index contributed by atoms with van der Waals surface area (Å²) in [5.74, 6) is 1.82. The van der Waals surface area contributed by atoms with Gasteiger partial charge < -0.3 is 18.9 Å².